The van der Waals surface area contributed by atoms with E-state index in [0.29, 0.717) is 0 Å². The number of hydrogen-bond donors (Lipinski definition) is 0. The molecule has 2 unspecified atom stereocenters. The first-order valence-electron chi connectivity index (χ1n) is 3.51. The molecule has 12 heavy (non-hydrogen) atoms. The summed E-state index contributed by atoms with van der Waals surface area (Å²) in [6.07, 6.45) is 0. The second-order valence-electron chi connectivity index (χ2n) is 3.08. The first-order valence-corrected chi connectivity index (χ1v) is 27.7. The molecule has 0 fully saturated rings. The first-order chi connectivity index (χ1) is 5.07. The van der Waals surface area contributed by atoms with Gasteiger partial charge in [-0.05, 0) is 0 Å². The van der Waals surface area contributed by atoms with Gasteiger partial charge in [0.15, 0.2) is 0 Å². The minimum atomic E-state index is -3.33. The summed E-state index contributed by atoms with van der Waals surface area (Å²) in [5.41, 5.74) is 0. The van der Waals surface area contributed by atoms with Crippen LogP contribution in [0.25, 0.3) is 0 Å². The van der Waals surface area contributed by atoms with Crippen LogP contribution in [0.1, 0.15) is 13.8 Å². The summed E-state index contributed by atoms with van der Waals surface area (Å²) in [4.78, 5) is 1.93. The summed E-state index contributed by atoms with van der Waals surface area (Å²) >= 11 is -6.23. The molecule has 0 rings (SSSR count). The van der Waals surface area contributed by atoms with E-state index in [-0.39, 0.29) is 7.87 Å². The van der Waals surface area contributed by atoms with Crippen molar-refractivity contribution < 1.29 is 0 Å². The van der Waals surface area contributed by atoms with Crippen LogP contribution in [0.15, 0.2) is 0 Å². The summed E-state index contributed by atoms with van der Waals surface area (Å²) in [6, 6.07) is 0. The molecule has 0 nitrogen and oxygen atoms in total. The third-order valence-corrected chi connectivity index (χ3v) is 26.7. The van der Waals surface area contributed by atoms with E-state index in [1.807, 2.05) is 18.8 Å². The van der Waals surface area contributed by atoms with E-state index in [2.05, 4.69) is 0 Å². The van der Waals surface area contributed by atoms with E-state index in [0.717, 1.165) is 0 Å². The van der Waals surface area contributed by atoms with E-state index in [9.17, 15) is 0 Å². The van der Waals surface area contributed by atoms with Crippen molar-refractivity contribution in [1.82, 2.24) is 0 Å². The summed E-state index contributed by atoms with van der Waals surface area (Å²) in [5.74, 6) is 0. The summed E-state index contributed by atoms with van der Waals surface area (Å²) in [7, 11) is 30.1. The molecule has 0 heterocycles. The molecule has 0 aromatic carbocycles. The maximum absolute atomic E-state index is 6.12. The molecule has 0 spiro atoms. The van der Waals surface area contributed by atoms with Crippen LogP contribution in [0.2, 0.25) is 12.8 Å². The van der Waals surface area contributed by atoms with E-state index < -0.39 is 31.1 Å². The Morgan fingerprint density at radius 1 is 0.833 bits per heavy atom. The number of rotatable bonds is 3. The van der Waals surface area contributed by atoms with Gasteiger partial charge in [-0.2, -0.15) is 0 Å². The topological polar surface area (TPSA) is 0 Å². The van der Waals surface area contributed by atoms with Crippen molar-refractivity contribution in [3.8, 4) is 0 Å². The van der Waals surface area contributed by atoms with Gasteiger partial charge in [-0.1, -0.05) is 0 Å². The fourth-order valence-electron chi connectivity index (χ4n) is 0.722. The fourth-order valence-corrected chi connectivity index (χ4v) is 32.5. The van der Waals surface area contributed by atoms with Crippen molar-refractivity contribution in [2.45, 2.75) is 26.7 Å². The molecule has 0 aliphatic rings. The molecule has 0 aliphatic heterocycles. The van der Waals surface area contributed by atoms with E-state index in [1.165, 1.54) is 0 Å². The van der Waals surface area contributed by atoms with Crippen molar-refractivity contribution in [2.24, 2.45) is 0 Å². The standard InChI is InChI=1S/C4H8.CH3.5ClH.2Sn/c1-3-4-2;;;;;;;;/h3-4H,1-2H3;1H3;5*1H;;/q;;;;;;;+2;+3/p-5. The van der Waals surface area contributed by atoms with Gasteiger partial charge in [-0.15, -0.1) is 0 Å². The molecule has 0 amide bonds. The monoisotopic (exact) mass is 486 g/mol. The minimum absolute atomic E-state index is 0.111. The summed E-state index contributed by atoms with van der Waals surface area (Å²) < 4.78 is 0.325. The molecule has 0 N–H and O–H groups in total. The molecule has 74 valence electrons. The third kappa shape index (κ3) is 5.22. The molecule has 0 saturated carbocycles. The van der Waals surface area contributed by atoms with Crippen LogP contribution in [0, 0.1) is 0 Å². The van der Waals surface area contributed by atoms with Gasteiger partial charge in [-0.3, -0.25) is 0 Å². The Morgan fingerprint density at radius 3 is 1.25 bits per heavy atom. The van der Waals surface area contributed by atoms with E-state index in [4.69, 9.17) is 44.6 Å². The zero-order valence-corrected chi connectivity index (χ0v) is 16.5. The van der Waals surface area contributed by atoms with Crippen molar-refractivity contribution in [1.29, 1.82) is 0 Å². The molecule has 0 aliphatic carbocycles. The van der Waals surface area contributed by atoms with E-state index >= 15 is 0 Å². The van der Waals surface area contributed by atoms with Crippen molar-refractivity contribution in [3.05, 3.63) is 0 Å². The van der Waals surface area contributed by atoms with Gasteiger partial charge in [0.2, 0.25) is 0 Å². The van der Waals surface area contributed by atoms with Crippen LogP contribution in [0.4, 0.5) is 0 Å². The van der Waals surface area contributed by atoms with Crippen LogP contribution in [0.5, 0.6) is 0 Å². The van der Waals surface area contributed by atoms with Crippen LogP contribution in [-0.4, -0.2) is 31.1 Å². The second kappa shape index (κ2) is 5.40. The van der Waals surface area contributed by atoms with Crippen molar-refractivity contribution in [2.75, 3.05) is 0 Å². The van der Waals surface area contributed by atoms with Gasteiger partial charge in [-0.25, -0.2) is 0 Å². The predicted molar refractivity (Wildman–Crippen MR) is 65.5 cm³/mol. The predicted octanol–water partition coefficient (Wildman–Crippen LogP) is 4.97. The van der Waals surface area contributed by atoms with Crippen LogP contribution >= 0.6 is 44.6 Å². The van der Waals surface area contributed by atoms with Gasteiger partial charge < -0.3 is 0 Å². The Labute approximate surface area is 101 Å². The Kier molecular flexibility index (Phi) is 6.77. The molecule has 7 heteroatoms. The fraction of sp³-hybridized carbons (Fsp3) is 1.00. The molecule has 2 atom stereocenters. The molecule has 0 aromatic heterocycles. The van der Waals surface area contributed by atoms with Crippen LogP contribution in [0.3, 0.4) is 0 Å². The molecule has 0 bridgehead atoms. The van der Waals surface area contributed by atoms with Crippen molar-refractivity contribution in [3.63, 3.8) is 0 Å². The van der Waals surface area contributed by atoms with Gasteiger partial charge >= 0.3 is 102 Å². The SMILES string of the molecule is C[CH]([CH](C)[Sn]([Cl])([Cl])[Cl])[Sn]([CH3])([Cl])[Cl]. The van der Waals surface area contributed by atoms with Gasteiger partial charge in [0, 0.05) is 0 Å². The second-order valence-corrected chi connectivity index (χ2v) is 44.5. The molecule has 0 radical (unpaired) electrons. The molecule has 0 aromatic rings. The summed E-state index contributed by atoms with van der Waals surface area (Å²) in [6.45, 7) is 3.95. The Bertz CT molecular complexity index is 131. The van der Waals surface area contributed by atoms with Gasteiger partial charge in [0.05, 0.1) is 0 Å². The maximum atomic E-state index is 6.12. The Balaban J connectivity index is 4.41. The number of halogens is 5. The molecular weight excluding hydrogens is 475 g/mol. The third-order valence-electron chi connectivity index (χ3n) is 2.07. The van der Waals surface area contributed by atoms with Gasteiger partial charge in [0.25, 0.3) is 0 Å². The van der Waals surface area contributed by atoms with Crippen molar-refractivity contribution >= 4 is 75.7 Å². The van der Waals surface area contributed by atoms with Gasteiger partial charge in [0.1, 0.15) is 0 Å². The number of hydrogen-bond acceptors (Lipinski definition) is 0. The van der Waals surface area contributed by atoms with E-state index in [1.54, 1.807) is 0 Å². The first kappa shape index (κ1) is 15.0. The molecular formula is C5H11Cl5Sn2. The van der Waals surface area contributed by atoms with Crippen LogP contribution in [-0.2, 0) is 0 Å². The quantitative estimate of drug-likeness (QED) is 0.495. The zero-order chi connectivity index (χ0) is 10.2. The summed E-state index contributed by atoms with van der Waals surface area (Å²) in [5, 5.41) is 0. The van der Waals surface area contributed by atoms with Crippen LogP contribution < -0.4 is 0 Å². The average Bonchev–Trinajstić information content (AvgIpc) is 1.80. The average molecular weight is 486 g/mol. The Hall–Kier alpha value is 3.05. The normalized spacial score (nSPS) is 19.0. The molecule has 0 saturated heterocycles. The zero-order valence-electron chi connectivity index (χ0n) is 7.04. The Morgan fingerprint density at radius 2 is 1.17 bits per heavy atom.